The maximum Gasteiger partial charge on any atom is 0.254 e. The Morgan fingerprint density at radius 1 is 0.974 bits per heavy atom. The largest absolute Gasteiger partial charge is 0.508 e. The van der Waals surface area contributed by atoms with Gasteiger partial charge in [0.05, 0.1) is 6.04 Å². The fourth-order valence-corrected chi connectivity index (χ4v) is 5.75. The van der Waals surface area contributed by atoms with Crippen LogP contribution in [0.15, 0.2) is 72.8 Å². The molecule has 0 radical (unpaired) electrons. The van der Waals surface area contributed by atoms with Gasteiger partial charge in [-0.25, -0.2) is 4.39 Å². The van der Waals surface area contributed by atoms with Gasteiger partial charge in [0.2, 0.25) is 0 Å². The summed E-state index contributed by atoms with van der Waals surface area (Å²) in [6, 6.07) is 22.9. The number of halogens is 1. The van der Waals surface area contributed by atoms with E-state index in [2.05, 4.69) is 55.7 Å². The van der Waals surface area contributed by atoms with Crippen molar-refractivity contribution >= 4 is 5.91 Å². The Balaban J connectivity index is 1.60. The van der Waals surface area contributed by atoms with Crippen LogP contribution in [0.4, 0.5) is 4.39 Å². The Bertz CT molecular complexity index is 1230. The number of phenols is 1. The summed E-state index contributed by atoms with van der Waals surface area (Å²) in [7, 11) is 0. The SMILES string of the molecule is CCC(C)N(CC)C(=O)c1ccc(C(c2cccc(O)c2)N2C[C@@H](C)N(Cc3ccc(F)cc3)C[C@@H]2C)cc1. The lowest BCUT2D eigenvalue weighted by molar-refractivity contribution is 0.0195. The Hall–Kier alpha value is -3.22. The van der Waals surface area contributed by atoms with E-state index in [1.165, 1.54) is 12.1 Å². The van der Waals surface area contributed by atoms with Gasteiger partial charge >= 0.3 is 0 Å². The molecule has 208 valence electrons. The Labute approximate surface area is 232 Å². The zero-order valence-corrected chi connectivity index (χ0v) is 23.8. The van der Waals surface area contributed by atoms with Crippen LogP contribution in [0.3, 0.4) is 0 Å². The topological polar surface area (TPSA) is 47.0 Å². The van der Waals surface area contributed by atoms with E-state index < -0.39 is 0 Å². The molecule has 2 unspecified atom stereocenters. The van der Waals surface area contributed by atoms with E-state index >= 15 is 0 Å². The Morgan fingerprint density at radius 3 is 2.28 bits per heavy atom. The molecule has 0 saturated carbocycles. The highest BCUT2D eigenvalue weighted by molar-refractivity contribution is 5.94. The highest BCUT2D eigenvalue weighted by atomic mass is 19.1. The number of amides is 1. The van der Waals surface area contributed by atoms with Crippen LogP contribution in [0, 0.1) is 5.82 Å². The second-order valence-electron chi connectivity index (χ2n) is 10.9. The third kappa shape index (κ3) is 6.68. The standard InChI is InChI=1S/C33H42FN3O2/c1-6-23(3)36(7-2)33(39)28-15-13-27(14-16-28)32(29-9-8-10-31(38)19-29)37-21-24(4)35(20-25(37)5)22-26-11-17-30(34)18-12-26/h8-19,23-25,32,38H,6-7,20-22H2,1-5H3/t23?,24-,25+,32?/m1/s1. The van der Waals surface area contributed by atoms with Crippen molar-refractivity contribution in [1.29, 1.82) is 0 Å². The smallest absolute Gasteiger partial charge is 0.254 e. The average Bonchev–Trinajstić information content (AvgIpc) is 2.93. The van der Waals surface area contributed by atoms with Crippen LogP contribution in [0.2, 0.25) is 0 Å². The molecule has 4 atom stereocenters. The number of carbonyl (C=O) groups excluding carboxylic acids is 1. The number of rotatable bonds is 9. The molecule has 4 rings (SSSR count). The molecule has 1 amide bonds. The van der Waals surface area contributed by atoms with Crippen molar-refractivity contribution in [2.24, 2.45) is 0 Å². The first kappa shape index (κ1) is 28.8. The molecule has 1 aliphatic heterocycles. The quantitative estimate of drug-likeness (QED) is 0.344. The zero-order chi connectivity index (χ0) is 28.1. The van der Waals surface area contributed by atoms with Gasteiger partial charge in [0.25, 0.3) is 5.91 Å². The highest BCUT2D eigenvalue weighted by Gasteiger charge is 2.35. The normalized spacial score (nSPS) is 19.9. The van der Waals surface area contributed by atoms with E-state index in [-0.39, 0.29) is 41.6 Å². The number of aromatic hydroxyl groups is 1. The fourth-order valence-electron chi connectivity index (χ4n) is 5.75. The van der Waals surface area contributed by atoms with Crippen LogP contribution in [0.25, 0.3) is 0 Å². The van der Waals surface area contributed by atoms with E-state index in [1.54, 1.807) is 6.07 Å². The van der Waals surface area contributed by atoms with Gasteiger partial charge < -0.3 is 10.0 Å². The lowest BCUT2D eigenvalue weighted by atomic mass is 9.92. The van der Waals surface area contributed by atoms with Crippen molar-refractivity contribution in [3.8, 4) is 5.75 Å². The molecule has 1 N–H and O–H groups in total. The van der Waals surface area contributed by atoms with Gasteiger partial charge in [0, 0.05) is 49.9 Å². The van der Waals surface area contributed by atoms with E-state index in [0.29, 0.717) is 12.1 Å². The van der Waals surface area contributed by atoms with Crippen LogP contribution in [-0.2, 0) is 6.54 Å². The molecular weight excluding hydrogens is 489 g/mol. The molecule has 0 aliphatic carbocycles. The summed E-state index contributed by atoms with van der Waals surface area (Å²) < 4.78 is 13.4. The molecule has 6 heteroatoms. The molecule has 5 nitrogen and oxygen atoms in total. The first-order valence-electron chi connectivity index (χ1n) is 14.2. The van der Waals surface area contributed by atoms with Gasteiger partial charge in [-0.3, -0.25) is 14.6 Å². The second-order valence-corrected chi connectivity index (χ2v) is 10.9. The van der Waals surface area contributed by atoms with Crippen molar-refractivity contribution in [3.05, 3.63) is 101 Å². The van der Waals surface area contributed by atoms with Crippen molar-refractivity contribution in [1.82, 2.24) is 14.7 Å². The van der Waals surface area contributed by atoms with Crippen LogP contribution >= 0.6 is 0 Å². The third-order valence-electron chi connectivity index (χ3n) is 8.18. The molecule has 1 aliphatic rings. The maximum absolute atomic E-state index is 13.4. The summed E-state index contributed by atoms with van der Waals surface area (Å²) in [5, 5.41) is 10.3. The van der Waals surface area contributed by atoms with Crippen molar-refractivity contribution in [2.75, 3.05) is 19.6 Å². The minimum absolute atomic E-state index is 0.0590. The third-order valence-corrected chi connectivity index (χ3v) is 8.18. The number of hydrogen-bond acceptors (Lipinski definition) is 4. The van der Waals surface area contributed by atoms with Crippen LogP contribution in [0.5, 0.6) is 5.75 Å². The molecule has 1 heterocycles. The highest BCUT2D eigenvalue weighted by Crippen LogP contribution is 2.35. The number of benzene rings is 3. The van der Waals surface area contributed by atoms with Gasteiger partial charge in [-0.2, -0.15) is 0 Å². The second kappa shape index (κ2) is 12.8. The molecular formula is C33H42FN3O2. The van der Waals surface area contributed by atoms with Crippen LogP contribution in [-0.4, -0.2) is 63.5 Å². The zero-order valence-electron chi connectivity index (χ0n) is 23.8. The van der Waals surface area contributed by atoms with Crippen LogP contribution in [0.1, 0.15) is 74.1 Å². The van der Waals surface area contributed by atoms with Crippen LogP contribution < -0.4 is 0 Å². The first-order valence-corrected chi connectivity index (χ1v) is 14.2. The van der Waals surface area contributed by atoms with Crippen molar-refractivity contribution in [2.45, 2.75) is 71.8 Å². The molecule has 1 saturated heterocycles. The number of carbonyl (C=O) groups is 1. The lowest BCUT2D eigenvalue weighted by Gasteiger charge is -2.47. The molecule has 3 aromatic carbocycles. The summed E-state index contributed by atoms with van der Waals surface area (Å²) in [4.78, 5) is 20.1. The molecule has 39 heavy (non-hydrogen) atoms. The average molecular weight is 532 g/mol. The Morgan fingerprint density at radius 2 is 1.67 bits per heavy atom. The molecule has 0 bridgehead atoms. The summed E-state index contributed by atoms with van der Waals surface area (Å²) in [6.07, 6.45) is 0.917. The van der Waals surface area contributed by atoms with Gasteiger partial charge in [-0.15, -0.1) is 0 Å². The summed E-state index contributed by atoms with van der Waals surface area (Å²) in [5.74, 6) is 0.0877. The summed E-state index contributed by atoms with van der Waals surface area (Å²) >= 11 is 0. The molecule has 3 aromatic rings. The Kier molecular flexibility index (Phi) is 9.41. The molecule has 1 fully saturated rings. The lowest BCUT2D eigenvalue weighted by Crippen LogP contribution is -2.56. The van der Waals surface area contributed by atoms with Crippen molar-refractivity contribution in [3.63, 3.8) is 0 Å². The summed E-state index contributed by atoms with van der Waals surface area (Å²) in [6.45, 7) is 13.8. The summed E-state index contributed by atoms with van der Waals surface area (Å²) in [5.41, 5.74) is 3.91. The number of hydrogen-bond donors (Lipinski definition) is 1. The van der Waals surface area contributed by atoms with E-state index in [0.717, 1.165) is 42.7 Å². The predicted molar refractivity (Wildman–Crippen MR) is 155 cm³/mol. The van der Waals surface area contributed by atoms with E-state index in [9.17, 15) is 14.3 Å². The van der Waals surface area contributed by atoms with Gasteiger partial charge in [-0.05, 0) is 87.2 Å². The van der Waals surface area contributed by atoms with E-state index in [1.807, 2.05) is 48.2 Å². The molecule has 0 spiro atoms. The van der Waals surface area contributed by atoms with Gasteiger partial charge in [0.15, 0.2) is 0 Å². The monoisotopic (exact) mass is 531 g/mol. The number of phenolic OH excluding ortho intramolecular Hbond substituents is 1. The minimum atomic E-state index is -0.214. The van der Waals surface area contributed by atoms with E-state index in [4.69, 9.17) is 0 Å². The van der Waals surface area contributed by atoms with Gasteiger partial charge in [-0.1, -0.05) is 43.3 Å². The number of nitrogens with zero attached hydrogens (tertiary/aromatic N) is 3. The number of piperazine rings is 1. The first-order chi connectivity index (χ1) is 18.7. The van der Waals surface area contributed by atoms with Crippen molar-refractivity contribution < 1.29 is 14.3 Å². The predicted octanol–water partition coefficient (Wildman–Crippen LogP) is 6.48. The van der Waals surface area contributed by atoms with Gasteiger partial charge in [0.1, 0.15) is 11.6 Å². The minimum Gasteiger partial charge on any atom is -0.508 e. The molecule has 0 aromatic heterocycles. The fraction of sp³-hybridized carbons (Fsp3) is 0.424. The maximum atomic E-state index is 13.4.